The molecule has 2 fully saturated rings. The van der Waals surface area contributed by atoms with Gasteiger partial charge in [-0.25, -0.2) is 0 Å². The lowest BCUT2D eigenvalue weighted by Gasteiger charge is -2.30. The molecule has 1 unspecified atom stereocenters. The van der Waals surface area contributed by atoms with Crippen LogP contribution >= 0.6 is 0 Å². The smallest absolute Gasteiger partial charge is 0.251 e. The molecular weight excluding hydrogens is 290 g/mol. The lowest BCUT2D eigenvalue weighted by Crippen LogP contribution is -2.53. The van der Waals surface area contributed by atoms with Gasteiger partial charge >= 0.3 is 0 Å². The fourth-order valence-corrected chi connectivity index (χ4v) is 3.10. The Morgan fingerprint density at radius 3 is 2.57 bits per heavy atom. The van der Waals surface area contributed by atoms with E-state index in [0.717, 1.165) is 44.3 Å². The summed E-state index contributed by atoms with van der Waals surface area (Å²) in [5.41, 5.74) is 1.65. The van der Waals surface area contributed by atoms with E-state index >= 15 is 0 Å². The number of carbonyl (C=O) groups excluding carboxylic acids is 2. The monoisotopic (exact) mass is 315 g/mol. The van der Waals surface area contributed by atoms with Crippen LogP contribution in [0, 0.1) is 12.8 Å². The van der Waals surface area contributed by atoms with Crippen LogP contribution in [0.25, 0.3) is 0 Å². The Bertz CT molecular complexity index is 577. The molecule has 3 N–H and O–H groups in total. The van der Waals surface area contributed by atoms with Crippen LogP contribution in [0.1, 0.15) is 41.6 Å². The third-order valence-corrected chi connectivity index (χ3v) is 4.63. The molecule has 124 valence electrons. The number of hydrogen-bond donors (Lipinski definition) is 3. The molecule has 5 heteroatoms. The summed E-state index contributed by atoms with van der Waals surface area (Å²) in [6.45, 7) is 3.76. The first-order valence-electron chi connectivity index (χ1n) is 8.52. The predicted octanol–water partition coefficient (Wildman–Crippen LogP) is 1.37. The molecule has 1 heterocycles. The average molecular weight is 315 g/mol. The Balaban J connectivity index is 1.71. The Hall–Kier alpha value is -1.88. The molecule has 0 radical (unpaired) electrons. The number of carbonyl (C=O) groups is 2. The summed E-state index contributed by atoms with van der Waals surface area (Å²) >= 11 is 0. The van der Waals surface area contributed by atoms with E-state index in [9.17, 15) is 9.59 Å². The van der Waals surface area contributed by atoms with Gasteiger partial charge in [0.25, 0.3) is 5.91 Å². The van der Waals surface area contributed by atoms with Crippen LogP contribution in [0.4, 0.5) is 0 Å². The molecule has 5 nitrogen and oxygen atoms in total. The maximum Gasteiger partial charge on any atom is 0.251 e. The van der Waals surface area contributed by atoms with Gasteiger partial charge in [0.15, 0.2) is 0 Å². The fraction of sp³-hybridized carbons (Fsp3) is 0.556. The molecule has 1 saturated carbocycles. The molecule has 1 saturated heterocycles. The summed E-state index contributed by atoms with van der Waals surface area (Å²) in [6, 6.07) is 7.34. The summed E-state index contributed by atoms with van der Waals surface area (Å²) in [6.07, 6.45) is 3.93. The number of piperidine rings is 1. The van der Waals surface area contributed by atoms with Crippen molar-refractivity contribution < 1.29 is 9.59 Å². The van der Waals surface area contributed by atoms with Gasteiger partial charge in [-0.2, -0.15) is 0 Å². The zero-order valence-electron chi connectivity index (χ0n) is 13.6. The van der Waals surface area contributed by atoms with E-state index in [1.807, 2.05) is 25.1 Å². The molecule has 2 amide bonds. The van der Waals surface area contributed by atoms with Crippen molar-refractivity contribution in [2.24, 2.45) is 5.92 Å². The first-order chi connectivity index (χ1) is 11.1. The number of amides is 2. The lowest BCUT2D eigenvalue weighted by molar-refractivity contribution is -0.124. The van der Waals surface area contributed by atoms with Crippen molar-refractivity contribution in [1.29, 1.82) is 0 Å². The largest absolute Gasteiger partial charge is 0.352 e. The Labute approximate surface area is 137 Å². The molecule has 0 aromatic heterocycles. The van der Waals surface area contributed by atoms with Crippen LogP contribution in [0.5, 0.6) is 0 Å². The van der Waals surface area contributed by atoms with Gasteiger partial charge in [-0.3, -0.25) is 9.59 Å². The second kappa shape index (κ2) is 7.13. The van der Waals surface area contributed by atoms with Crippen molar-refractivity contribution in [3.8, 4) is 0 Å². The molecule has 1 aromatic carbocycles. The van der Waals surface area contributed by atoms with Crippen molar-refractivity contribution in [3.05, 3.63) is 35.4 Å². The van der Waals surface area contributed by atoms with Gasteiger partial charge in [0, 0.05) is 11.6 Å². The molecule has 3 rings (SSSR count). The van der Waals surface area contributed by atoms with E-state index in [1.165, 1.54) is 0 Å². The molecule has 1 aromatic rings. The van der Waals surface area contributed by atoms with Crippen LogP contribution in [-0.2, 0) is 4.79 Å². The van der Waals surface area contributed by atoms with Crippen molar-refractivity contribution in [1.82, 2.24) is 16.0 Å². The van der Waals surface area contributed by atoms with Crippen LogP contribution in [0.15, 0.2) is 24.3 Å². The van der Waals surface area contributed by atoms with E-state index in [2.05, 4.69) is 16.0 Å². The van der Waals surface area contributed by atoms with E-state index in [-0.39, 0.29) is 17.7 Å². The van der Waals surface area contributed by atoms with Gasteiger partial charge in [0.2, 0.25) is 5.91 Å². The Morgan fingerprint density at radius 2 is 1.91 bits per heavy atom. The quantitative estimate of drug-likeness (QED) is 0.768. The minimum Gasteiger partial charge on any atom is -0.352 e. The van der Waals surface area contributed by atoms with E-state index in [0.29, 0.717) is 11.6 Å². The van der Waals surface area contributed by atoms with Crippen LogP contribution in [0.3, 0.4) is 0 Å². The van der Waals surface area contributed by atoms with E-state index < -0.39 is 6.04 Å². The third kappa shape index (κ3) is 4.32. The van der Waals surface area contributed by atoms with E-state index in [4.69, 9.17) is 0 Å². The lowest BCUT2D eigenvalue weighted by atomic mass is 9.89. The van der Waals surface area contributed by atoms with Crippen molar-refractivity contribution >= 4 is 11.8 Å². The minimum absolute atomic E-state index is 0.0274. The van der Waals surface area contributed by atoms with Gasteiger partial charge in [0.1, 0.15) is 6.04 Å². The maximum absolute atomic E-state index is 12.6. The van der Waals surface area contributed by atoms with Crippen molar-refractivity contribution in [2.45, 2.75) is 44.7 Å². The molecule has 0 spiro atoms. The Morgan fingerprint density at radius 1 is 1.17 bits per heavy atom. The SMILES string of the molecule is Cc1cccc(C(=O)NC(C(=O)NC2CC2)C2CCNCC2)c1. The standard InChI is InChI=1S/C18H25N3O2/c1-12-3-2-4-14(11-12)17(22)21-16(13-7-9-19-10-8-13)18(23)20-15-5-6-15/h2-4,11,13,15-16,19H,5-10H2,1H3,(H,20,23)(H,21,22). The second-order valence-electron chi connectivity index (χ2n) is 6.69. The highest BCUT2D eigenvalue weighted by Crippen LogP contribution is 2.22. The summed E-state index contributed by atoms with van der Waals surface area (Å²) in [7, 11) is 0. The van der Waals surface area contributed by atoms with Gasteiger partial charge < -0.3 is 16.0 Å². The maximum atomic E-state index is 12.6. The van der Waals surface area contributed by atoms with Crippen LogP contribution in [0.2, 0.25) is 0 Å². The molecular formula is C18H25N3O2. The molecule has 1 atom stereocenters. The molecule has 23 heavy (non-hydrogen) atoms. The summed E-state index contributed by atoms with van der Waals surface area (Å²) in [5.74, 6) is 0.00680. The van der Waals surface area contributed by atoms with E-state index in [1.54, 1.807) is 6.07 Å². The first-order valence-corrected chi connectivity index (χ1v) is 8.52. The highest BCUT2D eigenvalue weighted by atomic mass is 16.2. The number of hydrogen-bond acceptors (Lipinski definition) is 3. The highest BCUT2D eigenvalue weighted by molar-refractivity contribution is 5.97. The topological polar surface area (TPSA) is 70.2 Å². The normalized spacial score (nSPS) is 19.9. The van der Waals surface area contributed by atoms with Gasteiger partial charge in [-0.15, -0.1) is 0 Å². The third-order valence-electron chi connectivity index (χ3n) is 4.63. The van der Waals surface area contributed by atoms with Gasteiger partial charge in [-0.1, -0.05) is 17.7 Å². The fourth-order valence-electron chi connectivity index (χ4n) is 3.10. The summed E-state index contributed by atoms with van der Waals surface area (Å²) in [5, 5.41) is 9.34. The first kappa shape index (κ1) is 16.0. The average Bonchev–Trinajstić information content (AvgIpc) is 3.37. The van der Waals surface area contributed by atoms with Gasteiger partial charge in [0.05, 0.1) is 0 Å². The zero-order chi connectivity index (χ0) is 16.2. The second-order valence-corrected chi connectivity index (χ2v) is 6.69. The predicted molar refractivity (Wildman–Crippen MR) is 89.2 cm³/mol. The van der Waals surface area contributed by atoms with Gasteiger partial charge in [-0.05, 0) is 63.7 Å². The molecule has 1 aliphatic heterocycles. The number of benzene rings is 1. The number of nitrogens with one attached hydrogen (secondary N) is 3. The molecule has 1 aliphatic carbocycles. The zero-order valence-corrected chi connectivity index (χ0v) is 13.6. The molecule has 0 bridgehead atoms. The summed E-state index contributed by atoms with van der Waals surface area (Å²) in [4.78, 5) is 25.1. The number of rotatable bonds is 5. The van der Waals surface area contributed by atoms with Crippen molar-refractivity contribution in [2.75, 3.05) is 13.1 Å². The van der Waals surface area contributed by atoms with Crippen molar-refractivity contribution in [3.63, 3.8) is 0 Å². The van der Waals surface area contributed by atoms with Crippen LogP contribution < -0.4 is 16.0 Å². The number of aryl methyl sites for hydroxylation is 1. The minimum atomic E-state index is -0.439. The Kier molecular flexibility index (Phi) is 4.96. The summed E-state index contributed by atoms with van der Waals surface area (Å²) < 4.78 is 0. The van der Waals surface area contributed by atoms with Crippen LogP contribution in [-0.4, -0.2) is 37.0 Å². The molecule has 2 aliphatic rings. The highest BCUT2D eigenvalue weighted by Gasteiger charge is 2.34.